The fourth-order valence-electron chi connectivity index (χ4n) is 2.62. The second kappa shape index (κ2) is 9.58. The molecule has 140 valence electrons. The number of ether oxygens (including phenoxy) is 2. The molecular formula is C21H21NO3S2. The quantitative estimate of drug-likeness (QED) is 0.364. The number of hydrogen-bond donors (Lipinski definition) is 0. The van der Waals surface area contributed by atoms with Gasteiger partial charge in [-0.05, 0) is 30.7 Å². The van der Waals surface area contributed by atoms with Crippen LogP contribution in [0, 0.1) is 0 Å². The van der Waals surface area contributed by atoms with E-state index in [9.17, 15) is 4.79 Å². The van der Waals surface area contributed by atoms with E-state index in [4.69, 9.17) is 21.7 Å². The van der Waals surface area contributed by atoms with Crippen molar-refractivity contribution >= 4 is 40.3 Å². The standard InChI is InChI=1S/C21H21NO3S2/c1-2-12-22-20(23)19(27-21(22)26)15-16-8-6-7-11-18(16)25-14-13-24-17-9-4-3-5-10-17/h3-11,15H,2,12-14H2,1H3/b19-15-. The summed E-state index contributed by atoms with van der Waals surface area (Å²) in [7, 11) is 0. The molecular weight excluding hydrogens is 378 g/mol. The van der Waals surface area contributed by atoms with Gasteiger partial charge in [-0.3, -0.25) is 9.69 Å². The second-order valence-corrected chi connectivity index (χ2v) is 7.56. The number of carbonyl (C=O) groups is 1. The van der Waals surface area contributed by atoms with Crippen LogP contribution < -0.4 is 9.47 Å². The molecule has 27 heavy (non-hydrogen) atoms. The topological polar surface area (TPSA) is 38.8 Å². The minimum atomic E-state index is -0.0333. The Morgan fingerprint density at radius 3 is 2.52 bits per heavy atom. The predicted molar refractivity (Wildman–Crippen MR) is 114 cm³/mol. The van der Waals surface area contributed by atoms with Gasteiger partial charge in [0.15, 0.2) is 0 Å². The molecule has 0 N–H and O–H groups in total. The van der Waals surface area contributed by atoms with Gasteiger partial charge in [0.25, 0.3) is 5.91 Å². The molecule has 2 aromatic rings. The molecule has 0 radical (unpaired) electrons. The van der Waals surface area contributed by atoms with E-state index in [2.05, 4.69) is 0 Å². The molecule has 4 nitrogen and oxygen atoms in total. The van der Waals surface area contributed by atoms with Crippen LogP contribution in [0.4, 0.5) is 0 Å². The molecule has 2 aromatic carbocycles. The Morgan fingerprint density at radius 2 is 1.74 bits per heavy atom. The summed E-state index contributed by atoms with van der Waals surface area (Å²) in [5.74, 6) is 1.50. The zero-order valence-electron chi connectivity index (χ0n) is 15.1. The zero-order valence-corrected chi connectivity index (χ0v) is 16.7. The Labute approximate surface area is 169 Å². The minimum Gasteiger partial charge on any atom is -0.490 e. The van der Waals surface area contributed by atoms with Gasteiger partial charge < -0.3 is 9.47 Å². The molecule has 0 unspecified atom stereocenters. The molecule has 3 rings (SSSR count). The van der Waals surface area contributed by atoms with Crippen LogP contribution in [0.5, 0.6) is 11.5 Å². The number of amides is 1. The third kappa shape index (κ3) is 5.11. The summed E-state index contributed by atoms with van der Waals surface area (Å²) in [5.41, 5.74) is 0.856. The first-order valence-corrected chi connectivity index (χ1v) is 10.1. The lowest BCUT2D eigenvalue weighted by atomic mass is 10.2. The molecule has 1 heterocycles. The van der Waals surface area contributed by atoms with Crippen molar-refractivity contribution < 1.29 is 14.3 Å². The molecule has 0 spiro atoms. The van der Waals surface area contributed by atoms with Gasteiger partial charge in [0, 0.05) is 12.1 Å². The normalized spacial score (nSPS) is 15.4. The number of thioether (sulfide) groups is 1. The summed E-state index contributed by atoms with van der Waals surface area (Å²) < 4.78 is 12.1. The van der Waals surface area contributed by atoms with Crippen LogP contribution >= 0.6 is 24.0 Å². The largest absolute Gasteiger partial charge is 0.490 e. The minimum absolute atomic E-state index is 0.0333. The van der Waals surface area contributed by atoms with E-state index in [-0.39, 0.29) is 5.91 Å². The van der Waals surface area contributed by atoms with Crippen LogP contribution in [0.15, 0.2) is 59.5 Å². The highest BCUT2D eigenvalue weighted by molar-refractivity contribution is 8.26. The van der Waals surface area contributed by atoms with Gasteiger partial charge in [-0.1, -0.05) is 67.3 Å². The first-order valence-electron chi connectivity index (χ1n) is 8.84. The molecule has 1 aliphatic heterocycles. The summed E-state index contributed by atoms with van der Waals surface area (Å²) in [6.07, 6.45) is 2.73. The molecule has 0 aliphatic carbocycles. The molecule has 6 heteroatoms. The van der Waals surface area contributed by atoms with Crippen molar-refractivity contribution in [2.75, 3.05) is 19.8 Å². The van der Waals surface area contributed by atoms with E-state index >= 15 is 0 Å². The lowest BCUT2D eigenvalue weighted by molar-refractivity contribution is -0.122. The van der Waals surface area contributed by atoms with Gasteiger partial charge in [0.1, 0.15) is 29.0 Å². The third-order valence-corrected chi connectivity index (χ3v) is 5.26. The molecule has 0 atom stereocenters. The highest BCUT2D eigenvalue weighted by Gasteiger charge is 2.31. The van der Waals surface area contributed by atoms with Crippen molar-refractivity contribution in [3.8, 4) is 11.5 Å². The predicted octanol–water partition coefficient (Wildman–Crippen LogP) is 4.76. The second-order valence-electron chi connectivity index (χ2n) is 5.88. The van der Waals surface area contributed by atoms with E-state index in [0.29, 0.717) is 29.0 Å². The van der Waals surface area contributed by atoms with Gasteiger partial charge in [-0.15, -0.1) is 0 Å². The summed E-state index contributed by atoms with van der Waals surface area (Å²) >= 11 is 6.66. The van der Waals surface area contributed by atoms with Crippen LogP contribution in [-0.4, -0.2) is 34.9 Å². The molecule has 1 aliphatic rings. The smallest absolute Gasteiger partial charge is 0.266 e. The van der Waals surface area contributed by atoms with Crippen LogP contribution in [0.3, 0.4) is 0 Å². The Bertz CT molecular complexity index is 836. The molecule has 0 saturated carbocycles. The monoisotopic (exact) mass is 399 g/mol. The van der Waals surface area contributed by atoms with Gasteiger partial charge >= 0.3 is 0 Å². The molecule has 0 aromatic heterocycles. The maximum atomic E-state index is 12.5. The fourth-order valence-corrected chi connectivity index (χ4v) is 3.92. The van der Waals surface area contributed by atoms with E-state index in [1.165, 1.54) is 11.8 Å². The maximum Gasteiger partial charge on any atom is 0.266 e. The fraction of sp³-hybridized carbons (Fsp3) is 0.238. The number of benzene rings is 2. The molecule has 1 saturated heterocycles. The third-order valence-electron chi connectivity index (χ3n) is 3.88. The van der Waals surface area contributed by atoms with Gasteiger partial charge in [0.05, 0.1) is 4.91 Å². The van der Waals surface area contributed by atoms with E-state index in [1.54, 1.807) is 4.90 Å². The van der Waals surface area contributed by atoms with E-state index < -0.39 is 0 Å². The Kier molecular flexibility index (Phi) is 6.90. The van der Waals surface area contributed by atoms with Crippen LogP contribution in [0.25, 0.3) is 6.08 Å². The highest BCUT2D eigenvalue weighted by Crippen LogP contribution is 2.34. The maximum absolute atomic E-state index is 12.5. The Hall–Kier alpha value is -2.31. The van der Waals surface area contributed by atoms with E-state index in [0.717, 1.165) is 23.5 Å². The summed E-state index contributed by atoms with van der Waals surface area (Å²) in [6.45, 7) is 3.54. The average Bonchev–Trinajstić information content (AvgIpc) is 2.95. The van der Waals surface area contributed by atoms with Crippen molar-refractivity contribution in [3.05, 3.63) is 65.1 Å². The summed E-state index contributed by atoms with van der Waals surface area (Å²) in [5, 5.41) is 0. The van der Waals surface area contributed by atoms with Crippen molar-refractivity contribution in [2.24, 2.45) is 0 Å². The van der Waals surface area contributed by atoms with Crippen LogP contribution in [0.1, 0.15) is 18.9 Å². The van der Waals surface area contributed by atoms with Crippen molar-refractivity contribution in [1.82, 2.24) is 4.90 Å². The number of thiocarbonyl (C=S) groups is 1. The number of carbonyl (C=O) groups excluding carboxylic acids is 1. The van der Waals surface area contributed by atoms with Crippen LogP contribution in [0.2, 0.25) is 0 Å². The summed E-state index contributed by atoms with van der Waals surface area (Å²) in [6, 6.07) is 17.3. The SMILES string of the molecule is CCCN1C(=O)/C(=C/c2ccccc2OCCOc2ccccc2)SC1=S. The zero-order chi connectivity index (χ0) is 19.1. The van der Waals surface area contributed by atoms with Crippen molar-refractivity contribution in [1.29, 1.82) is 0 Å². The number of nitrogens with zero attached hydrogens (tertiary/aromatic N) is 1. The number of para-hydroxylation sites is 2. The van der Waals surface area contributed by atoms with Gasteiger partial charge in [-0.2, -0.15) is 0 Å². The van der Waals surface area contributed by atoms with Crippen LogP contribution in [-0.2, 0) is 4.79 Å². The molecule has 0 bridgehead atoms. The first kappa shape index (κ1) is 19.5. The van der Waals surface area contributed by atoms with Gasteiger partial charge in [0.2, 0.25) is 0 Å². The lowest BCUT2D eigenvalue weighted by Gasteiger charge is -2.12. The Balaban J connectivity index is 1.64. The van der Waals surface area contributed by atoms with Gasteiger partial charge in [-0.25, -0.2) is 0 Å². The number of hydrogen-bond acceptors (Lipinski definition) is 5. The average molecular weight is 400 g/mol. The summed E-state index contributed by atoms with van der Waals surface area (Å²) in [4.78, 5) is 14.8. The van der Waals surface area contributed by atoms with E-state index in [1.807, 2.05) is 67.6 Å². The first-order chi connectivity index (χ1) is 13.2. The molecule has 1 fully saturated rings. The van der Waals surface area contributed by atoms with Crippen molar-refractivity contribution in [3.63, 3.8) is 0 Å². The lowest BCUT2D eigenvalue weighted by Crippen LogP contribution is -2.28. The van der Waals surface area contributed by atoms with Crippen molar-refractivity contribution in [2.45, 2.75) is 13.3 Å². The highest BCUT2D eigenvalue weighted by atomic mass is 32.2. The number of rotatable bonds is 8. The Morgan fingerprint density at radius 1 is 1.04 bits per heavy atom. The molecule has 1 amide bonds.